The molecule has 0 bridgehead atoms. The van der Waals surface area contributed by atoms with Crippen LogP contribution in [0.25, 0.3) is 11.0 Å². The Morgan fingerprint density at radius 2 is 2.00 bits per heavy atom. The van der Waals surface area contributed by atoms with Crippen molar-refractivity contribution in [2.45, 2.75) is 13.5 Å². The molecule has 0 fully saturated rings. The summed E-state index contributed by atoms with van der Waals surface area (Å²) in [5, 5.41) is 0.859. The number of hydrogen-bond donors (Lipinski definition) is 1. The second-order valence-electron chi connectivity index (χ2n) is 5.25. The molecule has 1 aromatic carbocycles. The predicted molar refractivity (Wildman–Crippen MR) is 83.1 cm³/mol. The number of aromatic amines is 1. The molecule has 106 valence electrons. The van der Waals surface area contributed by atoms with E-state index < -0.39 is 0 Å². The van der Waals surface area contributed by atoms with E-state index in [1.54, 1.807) is 17.3 Å². The van der Waals surface area contributed by atoms with Gasteiger partial charge in [-0.1, -0.05) is 29.8 Å². The number of fused-ring (bicyclic) bond motifs is 1. The van der Waals surface area contributed by atoms with E-state index in [0.29, 0.717) is 12.1 Å². The van der Waals surface area contributed by atoms with Crippen LogP contribution in [-0.4, -0.2) is 27.8 Å². The SMILES string of the molecule is Cc1ccc(CN(C)C(=O)c2c[nH]c3ncccc23)cc1. The van der Waals surface area contributed by atoms with Gasteiger partial charge in [-0.05, 0) is 24.6 Å². The number of carbonyl (C=O) groups excluding carboxylic acids is 1. The third-order valence-electron chi connectivity index (χ3n) is 3.57. The molecule has 0 radical (unpaired) electrons. The molecule has 0 atom stereocenters. The first-order chi connectivity index (χ1) is 10.1. The van der Waals surface area contributed by atoms with E-state index in [1.807, 2.05) is 19.2 Å². The maximum absolute atomic E-state index is 12.6. The average molecular weight is 279 g/mol. The van der Waals surface area contributed by atoms with Gasteiger partial charge in [-0.2, -0.15) is 0 Å². The highest BCUT2D eigenvalue weighted by Crippen LogP contribution is 2.18. The molecule has 4 heteroatoms. The highest BCUT2D eigenvalue weighted by molar-refractivity contribution is 6.05. The largest absolute Gasteiger partial charge is 0.345 e. The van der Waals surface area contributed by atoms with Gasteiger partial charge < -0.3 is 9.88 Å². The standard InChI is InChI=1S/C17H17N3O/c1-12-5-7-13(8-6-12)11-20(2)17(21)15-10-19-16-14(15)4-3-9-18-16/h3-10H,11H2,1-2H3,(H,18,19). The van der Waals surface area contributed by atoms with Crippen LogP contribution in [0.15, 0.2) is 48.8 Å². The van der Waals surface area contributed by atoms with E-state index in [-0.39, 0.29) is 5.91 Å². The zero-order chi connectivity index (χ0) is 14.8. The van der Waals surface area contributed by atoms with Crippen molar-refractivity contribution in [3.8, 4) is 0 Å². The summed E-state index contributed by atoms with van der Waals surface area (Å²) in [5.74, 6) is -0.00479. The molecule has 4 nitrogen and oxygen atoms in total. The van der Waals surface area contributed by atoms with Gasteiger partial charge in [0.15, 0.2) is 0 Å². The first-order valence-corrected chi connectivity index (χ1v) is 6.88. The maximum atomic E-state index is 12.6. The lowest BCUT2D eigenvalue weighted by Crippen LogP contribution is -2.26. The van der Waals surface area contributed by atoms with Gasteiger partial charge in [-0.15, -0.1) is 0 Å². The summed E-state index contributed by atoms with van der Waals surface area (Å²) in [6, 6.07) is 12.0. The van der Waals surface area contributed by atoms with Crippen LogP contribution in [0.3, 0.4) is 0 Å². The number of H-pyrrole nitrogens is 1. The van der Waals surface area contributed by atoms with E-state index in [1.165, 1.54) is 5.56 Å². The summed E-state index contributed by atoms with van der Waals surface area (Å²) >= 11 is 0. The van der Waals surface area contributed by atoms with Gasteiger partial charge in [0.05, 0.1) is 5.56 Å². The molecule has 21 heavy (non-hydrogen) atoms. The van der Waals surface area contributed by atoms with E-state index in [0.717, 1.165) is 16.6 Å². The van der Waals surface area contributed by atoms with E-state index in [4.69, 9.17) is 0 Å². The van der Waals surface area contributed by atoms with Crippen molar-refractivity contribution in [2.75, 3.05) is 7.05 Å². The van der Waals surface area contributed by atoms with E-state index >= 15 is 0 Å². The smallest absolute Gasteiger partial charge is 0.256 e. The molecule has 0 saturated carbocycles. The molecule has 0 aliphatic carbocycles. The third-order valence-corrected chi connectivity index (χ3v) is 3.57. The third kappa shape index (κ3) is 2.65. The Bertz CT molecular complexity index is 774. The second-order valence-corrected chi connectivity index (χ2v) is 5.25. The molecule has 0 aliphatic rings. The van der Waals surface area contributed by atoms with Gasteiger partial charge in [0, 0.05) is 31.4 Å². The molecule has 0 unspecified atom stereocenters. The van der Waals surface area contributed by atoms with Crippen LogP contribution in [0, 0.1) is 6.92 Å². The van der Waals surface area contributed by atoms with Crippen molar-refractivity contribution in [3.05, 3.63) is 65.5 Å². The summed E-state index contributed by atoms with van der Waals surface area (Å²) in [5.41, 5.74) is 3.74. The monoisotopic (exact) mass is 279 g/mol. The fourth-order valence-electron chi connectivity index (χ4n) is 2.38. The molecule has 3 aromatic rings. The fraction of sp³-hybridized carbons (Fsp3) is 0.176. The Hall–Kier alpha value is -2.62. The highest BCUT2D eigenvalue weighted by Gasteiger charge is 2.16. The highest BCUT2D eigenvalue weighted by atomic mass is 16.2. The summed E-state index contributed by atoms with van der Waals surface area (Å²) < 4.78 is 0. The molecule has 1 N–H and O–H groups in total. The van der Waals surface area contributed by atoms with Gasteiger partial charge in [-0.25, -0.2) is 4.98 Å². The van der Waals surface area contributed by atoms with E-state index in [9.17, 15) is 4.79 Å². The number of nitrogens with zero attached hydrogens (tertiary/aromatic N) is 2. The molecular weight excluding hydrogens is 262 g/mol. The normalized spacial score (nSPS) is 10.8. The lowest BCUT2D eigenvalue weighted by Gasteiger charge is -2.17. The number of amides is 1. The van der Waals surface area contributed by atoms with Crippen LogP contribution < -0.4 is 0 Å². The lowest BCUT2D eigenvalue weighted by molar-refractivity contribution is 0.0787. The first kappa shape index (κ1) is 13.4. The number of aromatic nitrogens is 2. The van der Waals surface area contributed by atoms with Crippen LogP contribution in [0.4, 0.5) is 0 Å². The Labute approximate surface area is 123 Å². The summed E-state index contributed by atoms with van der Waals surface area (Å²) in [6.07, 6.45) is 3.44. The Kier molecular flexibility index (Phi) is 3.44. The van der Waals surface area contributed by atoms with Crippen molar-refractivity contribution in [2.24, 2.45) is 0 Å². The molecule has 3 rings (SSSR count). The van der Waals surface area contributed by atoms with Crippen LogP contribution >= 0.6 is 0 Å². The summed E-state index contributed by atoms with van der Waals surface area (Å²) in [7, 11) is 1.82. The number of pyridine rings is 1. The molecular formula is C17H17N3O. The molecule has 2 aromatic heterocycles. The first-order valence-electron chi connectivity index (χ1n) is 6.88. The zero-order valence-electron chi connectivity index (χ0n) is 12.1. The van der Waals surface area contributed by atoms with Crippen LogP contribution in [0.2, 0.25) is 0 Å². The quantitative estimate of drug-likeness (QED) is 0.800. The molecule has 1 amide bonds. The average Bonchev–Trinajstić information content (AvgIpc) is 2.92. The minimum Gasteiger partial charge on any atom is -0.345 e. The fourth-order valence-corrected chi connectivity index (χ4v) is 2.38. The number of benzene rings is 1. The minimum atomic E-state index is -0.00479. The Balaban J connectivity index is 1.82. The predicted octanol–water partition coefficient (Wildman–Crippen LogP) is 3.14. The van der Waals surface area contributed by atoms with Gasteiger partial charge >= 0.3 is 0 Å². The van der Waals surface area contributed by atoms with Gasteiger partial charge in [0.2, 0.25) is 0 Å². The summed E-state index contributed by atoms with van der Waals surface area (Å²) in [4.78, 5) is 21.5. The Morgan fingerprint density at radius 1 is 1.24 bits per heavy atom. The summed E-state index contributed by atoms with van der Waals surface area (Å²) in [6.45, 7) is 2.64. The second kappa shape index (κ2) is 5.40. The van der Waals surface area contributed by atoms with Crippen LogP contribution in [-0.2, 0) is 6.54 Å². The zero-order valence-corrected chi connectivity index (χ0v) is 12.1. The molecule has 0 aliphatic heterocycles. The number of aryl methyl sites for hydroxylation is 1. The van der Waals surface area contributed by atoms with Crippen molar-refractivity contribution in [1.82, 2.24) is 14.9 Å². The van der Waals surface area contributed by atoms with Gasteiger partial charge in [0.1, 0.15) is 5.65 Å². The van der Waals surface area contributed by atoms with Crippen molar-refractivity contribution in [1.29, 1.82) is 0 Å². The molecule has 0 spiro atoms. The molecule has 0 saturated heterocycles. The van der Waals surface area contributed by atoms with Gasteiger partial charge in [-0.3, -0.25) is 4.79 Å². The topological polar surface area (TPSA) is 49.0 Å². The van der Waals surface area contributed by atoms with Crippen LogP contribution in [0.1, 0.15) is 21.5 Å². The minimum absolute atomic E-state index is 0.00479. The van der Waals surface area contributed by atoms with Crippen molar-refractivity contribution >= 4 is 16.9 Å². The van der Waals surface area contributed by atoms with Crippen molar-refractivity contribution in [3.63, 3.8) is 0 Å². The number of hydrogen-bond acceptors (Lipinski definition) is 2. The van der Waals surface area contributed by atoms with Crippen LogP contribution in [0.5, 0.6) is 0 Å². The Morgan fingerprint density at radius 3 is 2.76 bits per heavy atom. The van der Waals surface area contributed by atoms with Gasteiger partial charge in [0.25, 0.3) is 5.91 Å². The van der Waals surface area contributed by atoms with E-state index in [2.05, 4.69) is 41.2 Å². The molecule has 2 heterocycles. The lowest BCUT2D eigenvalue weighted by atomic mass is 10.1. The number of rotatable bonds is 3. The number of carbonyl (C=O) groups is 1. The maximum Gasteiger partial charge on any atom is 0.256 e. The van der Waals surface area contributed by atoms with Crippen molar-refractivity contribution < 1.29 is 4.79 Å². The number of nitrogens with one attached hydrogen (secondary N) is 1.